The Bertz CT molecular complexity index is 289. The van der Waals surface area contributed by atoms with Crippen molar-refractivity contribution >= 4 is 16.2 Å². The Balaban J connectivity index is 4.57. The van der Waals surface area contributed by atoms with Crippen molar-refractivity contribution in [3.63, 3.8) is 0 Å². The van der Waals surface area contributed by atoms with Gasteiger partial charge in [0.2, 0.25) is 0 Å². The van der Waals surface area contributed by atoms with Gasteiger partial charge >= 0.3 is 5.97 Å². The molecule has 0 aromatic heterocycles. The summed E-state index contributed by atoms with van der Waals surface area (Å²) in [6.07, 6.45) is 0.640. The number of methoxy groups -OCH3 is 1. The molecule has 90 valence electrons. The molecule has 0 heterocycles. The summed E-state index contributed by atoms with van der Waals surface area (Å²) in [5.74, 6) is -0.565. The second-order valence-corrected chi connectivity index (χ2v) is 4.67. The third-order valence-electron chi connectivity index (χ3n) is 1.67. The van der Waals surface area contributed by atoms with E-state index < -0.39 is 16.2 Å². The molecule has 0 aromatic carbocycles. The van der Waals surface area contributed by atoms with Crippen molar-refractivity contribution in [2.45, 2.75) is 20.3 Å². The number of ether oxygens (including phenoxy) is 1. The molecule has 0 fully saturated rings. The monoisotopic (exact) mass is 238 g/mol. The van der Waals surface area contributed by atoms with Crippen LogP contribution in [0, 0.1) is 0 Å². The van der Waals surface area contributed by atoms with E-state index in [1.165, 1.54) is 7.11 Å². The zero-order valence-electron chi connectivity index (χ0n) is 9.32. The Kier molecular flexibility index (Phi) is 6.46. The second-order valence-electron chi connectivity index (χ2n) is 2.91. The van der Waals surface area contributed by atoms with Crippen molar-refractivity contribution in [3.8, 4) is 0 Å². The van der Waals surface area contributed by atoms with Crippen LogP contribution in [0.5, 0.6) is 0 Å². The highest BCUT2D eigenvalue weighted by Gasteiger charge is 2.22. The Morgan fingerprint density at radius 1 is 1.40 bits per heavy atom. The molecule has 0 amide bonds. The third-order valence-corrected chi connectivity index (χ3v) is 3.32. The normalized spacial score (nSPS) is 11.7. The molecule has 0 atom stereocenters. The maximum absolute atomic E-state index is 11.6. The smallest absolute Gasteiger partial charge is 0.321 e. The van der Waals surface area contributed by atoms with Crippen molar-refractivity contribution in [1.29, 1.82) is 0 Å². The van der Waals surface area contributed by atoms with E-state index in [9.17, 15) is 13.2 Å². The molecule has 0 aliphatic carbocycles. The minimum Gasteiger partial charge on any atom is -0.468 e. The lowest BCUT2D eigenvalue weighted by Crippen LogP contribution is -2.43. The van der Waals surface area contributed by atoms with E-state index in [0.29, 0.717) is 19.5 Å². The van der Waals surface area contributed by atoms with E-state index >= 15 is 0 Å². The van der Waals surface area contributed by atoms with Gasteiger partial charge in [0.05, 0.1) is 7.11 Å². The number of nitrogens with zero attached hydrogens (tertiary/aromatic N) is 1. The molecular weight excluding hydrogens is 220 g/mol. The van der Waals surface area contributed by atoms with Gasteiger partial charge in [-0.25, -0.2) is 4.72 Å². The van der Waals surface area contributed by atoms with Crippen molar-refractivity contribution in [3.05, 3.63) is 0 Å². The first-order valence-electron chi connectivity index (χ1n) is 4.79. The van der Waals surface area contributed by atoms with Crippen molar-refractivity contribution < 1.29 is 17.9 Å². The van der Waals surface area contributed by atoms with E-state index in [0.717, 1.165) is 4.31 Å². The fourth-order valence-electron chi connectivity index (χ4n) is 1.02. The maximum Gasteiger partial charge on any atom is 0.321 e. The number of carbonyl (C=O) groups excluding carboxylic acids is 1. The number of nitrogens with one attached hydrogen (secondary N) is 1. The summed E-state index contributed by atoms with van der Waals surface area (Å²) >= 11 is 0. The van der Waals surface area contributed by atoms with Gasteiger partial charge in [0, 0.05) is 13.1 Å². The SMILES string of the molecule is CCCN(CC(=O)OC)S(=O)(=O)NCC. The maximum atomic E-state index is 11.6. The summed E-state index contributed by atoms with van der Waals surface area (Å²) in [5.41, 5.74) is 0. The average molecular weight is 238 g/mol. The van der Waals surface area contributed by atoms with Gasteiger partial charge in [0.25, 0.3) is 10.2 Å². The third kappa shape index (κ3) is 5.10. The Labute approximate surface area is 90.8 Å². The van der Waals surface area contributed by atoms with Gasteiger partial charge in [-0.2, -0.15) is 12.7 Å². The molecular formula is C8H18N2O4S. The molecule has 0 spiro atoms. The highest BCUT2D eigenvalue weighted by molar-refractivity contribution is 7.87. The molecule has 0 radical (unpaired) electrons. The molecule has 0 rings (SSSR count). The summed E-state index contributed by atoms with van der Waals surface area (Å²) in [6.45, 7) is 3.86. The van der Waals surface area contributed by atoms with E-state index in [2.05, 4.69) is 9.46 Å². The van der Waals surface area contributed by atoms with Crippen LogP contribution in [0.3, 0.4) is 0 Å². The first kappa shape index (κ1) is 14.3. The molecule has 0 saturated heterocycles. The van der Waals surface area contributed by atoms with Gasteiger partial charge in [-0.15, -0.1) is 0 Å². The molecule has 15 heavy (non-hydrogen) atoms. The standard InChI is InChI=1S/C8H18N2O4S/c1-4-6-10(7-8(11)14-3)15(12,13)9-5-2/h9H,4-7H2,1-3H3. The molecule has 0 unspecified atom stereocenters. The van der Waals surface area contributed by atoms with Crippen molar-refractivity contribution in [1.82, 2.24) is 9.03 Å². The molecule has 0 saturated carbocycles. The number of carbonyl (C=O) groups is 1. The minimum atomic E-state index is -3.56. The molecule has 7 heteroatoms. The first-order valence-corrected chi connectivity index (χ1v) is 6.23. The van der Waals surface area contributed by atoms with Gasteiger partial charge in [0.1, 0.15) is 6.54 Å². The summed E-state index contributed by atoms with van der Waals surface area (Å²) in [6, 6.07) is 0. The topological polar surface area (TPSA) is 75.7 Å². The summed E-state index contributed by atoms with van der Waals surface area (Å²) < 4.78 is 31.0. The fraction of sp³-hybridized carbons (Fsp3) is 0.875. The van der Waals surface area contributed by atoms with Crippen molar-refractivity contribution in [2.75, 3.05) is 26.7 Å². The van der Waals surface area contributed by atoms with E-state index in [-0.39, 0.29) is 6.54 Å². The minimum absolute atomic E-state index is 0.250. The number of hydrogen-bond donors (Lipinski definition) is 1. The van der Waals surface area contributed by atoms with Gasteiger partial charge in [-0.3, -0.25) is 4.79 Å². The highest BCUT2D eigenvalue weighted by Crippen LogP contribution is 1.99. The molecule has 0 aliphatic heterocycles. The quantitative estimate of drug-likeness (QED) is 0.619. The predicted molar refractivity (Wildman–Crippen MR) is 56.5 cm³/mol. The van der Waals surface area contributed by atoms with Crippen LogP contribution in [-0.4, -0.2) is 45.4 Å². The lowest BCUT2D eigenvalue weighted by atomic mass is 10.5. The first-order chi connectivity index (χ1) is 6.97. The zero-order chi connectivity index (χ0) is 11.9. The fourth-order valence-corrected chi connectivity index (χ4v) is 2.26. The van der Waals surface area contributed by atoms with Crippen LogP contribution in [-0.2, 0) is 19.7 Å². The Morgan fingerprint density at radius 3 is 2.40 bits per heavy atom. The lowest BCUT2D eigenvalue weighted by molar-refractivity contribution is -0.140. The van der Waals surface area contributed by atoms with Gasteiger partial charge in [-0.1, -0.05) is 13.8 Å². The largest absolute Gasteiger partial charge is 0.468 e. The number of esters is 1. The van der Waals surface area contributed by atoms with Crippen LogP contribution in [0.2, 0.25) is 0 Å². The van der Waals surface area contributed by atoms with Crippen LogP contribution in [0.4, 0.5) is 0 Å². The van der Waals surface area contributed by atoms with Crippen LogP contribution in [0.1, 0.15) is 20.3 Å². The molecule has 0 aromatic rings. The van der Waals surface area contributed by atoms with E-state index in [1.807, 2.05) is 6.92 Å². The van der Waals surface area contributed by atoms with Crippen LogP contribution < -0.4 is 4.72 Å². The Hall–Kier alpha value is -0.660. The highest BCUT2D eigenvalue weighted by atomic mass is 32.2. The number of hydrogen-bond acceptors (Lipinski definition) is 4. The number of rotatable bonds is 7. The molecule has 1 N–H and O–H groups in total. The predicted octanol–water partition coefficient (Wildman–Crippen LogP) is -0.274. The van der Waals surface area contributed by atoms with E-state index in [1.54, 1.807) is 6.92 Å². The zero-order valence-corrected chi connectivity index (χ0v) is 10.1. The van der Waals surface area contributed by atoms with E-state index in [4.69, 9.17) is 0 Å². The van der Waals surface area contributed by atoms with Crippen LogP contribution in [0.15, 0.2) is 0 Å². The molecule has 6 nitrogen and oxygen atoms in total. The average Bonchev–Trinajstić information content (AvgIpc) is 2.16. The Morgan fingerprint density at radius 2 is 2.00 bits per heavy atom. The second kappa shape index (κ2) is 6.76. The van der Waals surface area contributed by atoms with Crippen LogP contribution >= 0.6 is 0 Å². The summed E-state index contributed by atoms with van der Waals surface area (Å²) in [5, 5.41) is 0. The van der Waals surface area contributed by atoms with Gasteiger partial charge in [0.15, 0.2) is 0 Å². The molecule has 0 bridgehead atoms. The van der Waals surface area contributed by atoms with Gasteiger partial charge < -0.3 is 4.74 Å². The summed E-state index contributed by atoms with van der Waals surface area (Å²) in [7, 11) is -2.33. The molecule has 0 aliphatic rings. The van der Waals surface area contributed by atoms with Gasteiger partial charge in [-0.05, 0) is 6.42 Å². The lowest BCUT2D eigenvalue weighted by Gasteiger charge is -2.19. The van der Waals surface area contributed by atoms with Crippen molar-refractivity contribution in [2.24, 2.45) is 0 Å². The summed E-state index contributed by atoms with van der Waals surface area (Å²) in [4.78, 5) is 11.0. The van der Waals surface area contributed by atoms with Crippen LogP contribution in [0.25, 0.3) is 0 Å².